The third-order valence-electron chi connectivity index (χ3n) is 3.98. The first-order valence-corrected chi connectivity index (χ1v) is 9.17. The number of carbonyl (C=O) groups excluding carboxylic acids is 1. The number of benzene rings is 1. The highest BCUT2D eigenvalue weighted by Crippen LogP contribution is 2.32. The summed E-state index contributed by atoms with van der Waals surface area (Å²) in [6.45, 7) is 5.64. The molecule has 0 spiro atoms. The fourth-order valence-corrected chi connectivity index (χ4v) is 3.72. The molecule has 1 fully saturated rings. The highest BCUT2D eigenvalue weighted by atomic mass is 32.2. The Bertz CT molecular complexity index is 610. The Kier molecular flexibility index (Phi) is 5.24. The maximum Gasteiger partial charge on any atom is 0.241 e. The van der Waals surface area contributed by atoms with E-state index in [0.717, 1.165) is 12.8 Å². The van der Waals surface area contributed by atoms with Crippen molar-refractivity contribution in [3.05, 3.63) is 30.3 Å². The van der Waals surface area contributed by atoms with Gasteiger partial charge in [0.05, 0.1) is 4.90 Å². The molecular formula is C16H24N2O3S. The molecule has 0 unspecified atom stereocenters. The third kappa shape index (κ3) is 4.30. The van der Waals surface area contributed by atoms with Crippen LogP contribution in [-0.4, -0.2) is 26.4 Å². The molecule has 1 amide bonds. The van der Waals surface area contributed by atoms with Crippen molar-refractivity contribution in [1.29, 1.82) is 0 Å². The topological polar surface area (TPSA) is 75.3 Å². The Morgan fingerprint density at radius 3 is 2.23 bits per heavy atom. The summed E-state index contributed by atoms with van der Waals surface area (Å²) in [5.41, 5.74) is 0. The summed E-state index contributed by atoms with van der Waals surface area (Å²) < 4.78 is 27.3. The predicted molar refractivity (Wildman–Crippen MR) is 85.7 cm³/mol. The Morgan fingerprint density at radius 1 is 1.14 bits per heavy atom. The molecule has 0 radical (unpaired) electrons. The van der Waals surface area contributed by atoms with Crippen LogP contribution in [0.3, 0.4) is 0 Å². The molecule has 0 aromatic heterocycles. The van der Waals surface area contributed by atoms with Crippen molar-refractivity contribution in [2.45, 2.75) is 50.6 Å². The van der Waals surface area contributed by atoms with E-state index >= 15 is 0 Å². The molecule has 2 atom stereocenters. The van der Waals surface area contributed by atoms with Gasteiger partial charge in [-0.15, -0.1) is 0 Å². The van der Waals surface area contributed by atoms with Crippen molar-refractivity contribution in [2.75, 3.05) is 0 Å². The molecule has 22 heavy (non-hydrogen) atoms. The minimum Gasteiger partial charge on any atom is -0.352 e. The molecule has 1 saturated carbocycles. The molecule has 5 nitrogen and oxygen atoms in total. The molecule has 0 heterocycles. The van der Waals surface area contributed by atoms with Gasteiger partial charge < -0.3 is 5.32 Å². The van der Waals surface area contributed by atoms with E-state index < -0.39 is 16.1 Å². The van der Waals surface area contributed by atoms with Gasteiger partial charge in [-0.25, -0.2) is 8.42 Å². The molecule has 6 heteroatoms. The van der Waals surface area contributed by atoms with Crippen LogP contribution in [0.2, 0.25) is 0 Å². The van der Waals surface area contributed by atoms with E-state index in [1.165, 1.54) is 12.1 Å². The smallest absolute Gasteiger partial charge is 0.241 e. The summed E-state index contributed by atoms with van der Waals surface area (Å²) in [5, 5.41) is 2.93. The van der Waals surface area contributed by atoms with Gasteiger partial charge >= 0.3 is 0 Å². The molecule has 1 aromatic carbocycles. The molecule has 122 valence electrons. The maximum absolute atomic E-state index is 12.4. The predicted octanol–water partition coefficient (Wildman–Crippen LogP) is 1.90. The van der Waals surface area contributed by atoms with E-state index in [0.29, 0.717) is 5.92 Å². The first-order chi connectivity index (χ1) is 10.3. The molecule has 0 bridgehead atoms. The second-order valence-corrected chi connectivity index (χ2v) is 8.00. The minimum atomic E-state index is -3.70. The molecule has 1 aliphatic carbocycles. The molecule has 0 aliphatic heterocycles. The lowest BCUT2D eigenvalue weighted by Crippen LogP contribution is -2.51. The largest absolute Gasteiger partial charge is 0.352 e. The SMILES string of the molecule is CC(C)[C@@H](NS(=O)(=O)c1ccccc1)C(=O)N[C@@H](C)C1CC1. The van der Waals surface area contributed by atoms with Crippen LogP contribution in [0, 0.1) is 11.8 Å². The minimum absolute atomic E-state index is 0.0926. The summed E-state index contributed by atoms with van der Waals surface area (Å²) in [4.78, 5) is 12.6. The Hall–Kier alpha value is -1.40. The number of sulfonamides is 1. The molecular weight excluding hydrogens is 300 g/mol. The van der Waals surface area contributed by atoms with E-state index in [4.69, 9.17) is 0 Å². The Labute approximate surface area is 132 Å². The number of carbonyl (C=O) groups is 1. The van der Waals surface area contributed by atoms with Gasteiger partial charge in [0.2, 0.25) is 15.9 Å². The van der Waals surface area contributed by atoms with Gasteiger partial charge in [-0.2, -0.15) is 4.72 Å². The lowest BCUT2D eigenvalue weighted by atomic mass is 10.0. The number of hydrogen-bond acceptors (Lipinski definition) is 3. The van der Waals surface area contributed by atoms with E-state index in [9.17, 15) is 13.2 Å². The van der Waals surface area contributed by atoms with E-state index in [2.05, 4.69) is 10.0 Å². The van der Waals surface area contributed by atoms with Crippen molar-refractivity contribution >= 4 is 15.9 Å². The summed E-state index contributed by atoms with van der Waals surface area (Å²) in [6, 6.07) is 7.43. The maximum atomic E-state index is 12.4. The van der Waals surface area contributed by atoms with Crippen LogP contribution in [-0.2, 0) is 14.8 Å². The van der Waals surface area contributed by atoms with Crippen molar-refractivity contribution in [2.24, 2.45) is 11.8 Å². The standard InChI is InChI=1S/C16H24N2O3S/c1-11(2)15(16(19)17-12(3)13-9-10-13)18-22(20,21)14-7-5-4-6-8-14/h4-8,11-13,15,18H,9-10H2,1-3H3,(H,17,19)/t12-,15+/m0/s1. The lowest BCUT2D eigenvalue weighted by molar-refractivity contribution is -0.124. The van der Waals surface area contributed by atoms with E-state index in [-0.39, 0.29) is 22.8 Å². The molecule has 1 aliphatic rings. The second-order valence-electron chi connectivity index (χ2n) is 6.29. The average Bonchev–Trinajstić information content (AvgIpc) is 3.30. The van der Waals surface area contributed by atoms with Gasteiger partial charge in [0.15, 0.2) is 0 Å². The van der Waals surface area contributed by atoms with Crippen LogP contribution < -0.4 is 10.0 Å². The summed E-state index contributed by atoms with van der Waals surface area (Å²) in [5.74, 6) is 0.140. The highest BCUT2D eigenvalue weighted by molar-refractivity contribution is 7.89. The fraction of sp³-hybridized carbons (Fsp3) is 0.562. The first-order valence-electron chi connectivity index (χ1n) is 7.69. The van der Waals surface area contributed by atoms with Crippen LogP contribution in [0.5, 0.6) is 0 Å². The van der Waals surface area contributed by atoms with Gasteiger partial charge in [0.25, 0.3) is 0 Å². The van der Waals surface area contributed by atoms with Gasteiger partial charge in [0, 0.05) is 6.04 Å². The van der Waals surface area contributed by atoms with E-state index in [1.54, 1.807) is 18.2 Å². The van der Waals surface area contributed by atoms with Crippen molar-refractivity contribution in [3.63, 3.8) is 0 Å². The Balaban J connectivity index is 2.09. The normalized spacial score (nSPS) is 18.0. The highest BCUT2D eigenvalue weighted by Gasteiger charge is 2.33. The quantitative estimate of drug-likeness (QED) is 0.804. The Morgan fingerprint density at radius 2 is 1.73 bits per heavy atom. The van der Waals surface area contributed by atoms with Crippen molar-refractivity contribution in [1.82, 2.24) is 10.0 Å². The van der Waals surface area contributed by atoms with Crippen molar-refractivity contribution in [3.8, 4) is 0 Å². The van der Waals surface area contributed by atoms with Crippen LogP contribution in [0.15, 0.2) is 35.2 Å². The molecule has 0 saturated heterocycles. The number of rotatable bonds is 7. The van der Waals surface area contributed by atoms with E-state index in [1.807, 2.05) is 20.8 Å². The fourth-order valence-electron chi connectivity index (χ4n) is 2.36. The summed E-state index contributed by atoms with van der Waals surface area (Å²) >= 11 is 0. The number of nitrogens with one attached hydrogen (secondary N) is 2. The van der Waals surface area contributed by atoms with Crippen LogP contribution in [0.1, 0.15) is 33.6 Å². The number of hydrogen-bond donors (Lipinski definition) is 2. The van der Waals surface area contributed by atoms with Crippen LogP contribution in [0.4, 0.5) is 0 Å². The van der Waals surface area contributed by atoms with Gasteiger partial charge in [-0.3, -0.25) is 4.79 Å². The molecule has 2 rings (SSSR count). The lowest BCUT2D eigenvalue weighted by Gasteiger charge is -2.24. The van der Waals surface area contributed by atoms with Gasteiger partial charge in [0.1, 0.15) is 6.04 Å². The zero-order chi connectivity index (χ0) is 16.3. The first kappa shape index (κ1) is 17.0. The summed E-state index contributed by atoms with van der Waals surface area (Å²) in [7, 11) is -3.70. The third-order valence-corrected chi connectivity index (χ3v) is 5.44. The zero-order valence-electron chi connectivity index (χ0n) is 13.2. The second kappa shape index (κ2) is 6.79. The molecule has 2 N–H and O–H groups in total. The zero-order valence-corrected chi connectivity index (χ0v) is 14.1. The summed E-state index contributed by atoms with van der Waals surface area (Å²) in [6.07, 6.45) is 2.26. The molecule has 1 aromatic rings. The average molecular weight is 324 g/mol. The van der Waals surface area contributed by atoms with Crippen molar-refractivity contribution < 1.29 is 13.2 Å². The van der Waals surface area contributed by atoms with Gasteiger partial charge in [-0.1, -0.05) is 32.0 Å². The van der Waals surface area contributed by atoms with Gasteiger partial charge in [-0.05, 0) is 43.7 Å². The van der Waals surface area contributed by atoms with Crippen LogP contribution in [0.25, 0.3) is 0 Å². The monoisotopic (exact) mass is 324 g/mol. The van der Waals surface area contributed by atoms with Crippen LogP contribution >= 0.6 is 0 Å². The number of amides is 1.